The van der Waals surface area contributed by atoms with Gasteiger partial charge in [0.05, 0.1) is 33.0 Å². The van der Waals surface area contributed by atoms with Gasteiger partial charge in [0.1, 0.15) is 5.69 Å². The Hall–Kier alpha value is -4.12. The van der Waals surface area contributed by atoms with Gasteiger partial charge in [0.25, 0.3) is 12.3 Å². The Kier molecular flexibility index (Phi) is 6.83. The highest BCUT2D eigenvalue weighted by Crippen LogP contribution is 2.29. The SMILES string of the molecule is Cc1n[nH]c2cc(-n3c(=O)n(C[C@H]4CC[C@H](NC(=O)c5cc(Cl)cnc5C(F)F)CC4)c4cccnc43)ccc12. The number of rotatable bonds is 6. The highest BCUT2D eigenvalue weighted by molar-refractivity contribution is 6.30. The summed E-state index contributed by atoms with van der Waals surface area (Å²) in [7, 11) is 0. The number of imidazole rings is 1. The van der Waals surface area contributed by atoms with Crippen LogP contribution in [0.25, 0.3) is 27.8 Å². The quantitative estimate of drug-likeness (QED) is 0.288. The highest BCUT2D eigenvalue weighted by atomic mass is 35.5. The van der Waals surface area contributed by atoms with E-state index in [1.165, 1.54) is 6.07 Å². The number of carbonyl (C=O) groups excluding carboxylic acids is 1. The summed E-state index contributed by atoms with van der Waals surface area (Å²) in [5.41, 5.74) is 2.79. The van der Waals surface area contributed by atoms with Crippen LogP contribution in [0.3, 0.4) is 0 Å². The molecule has 206 valence electrons. The molecular weight excluding hydrogens is 540 g/mol. The molecule has 1 aromatic carbocycles. The predicted molar refractivity (Wildman–Crippen MR) is 147 cm³/mol. The van der Waals surface area contributed by atoms with Gasteiger partial charge in [-0.3, -0.25) is 19.4 Å². The Bertz CT molecular complexity index is 1790. The summed E-state index contributed by atoms with van der Waals surface area (Å²) in [6.07, 6.45) is 2.75. The molecule has 4 aromatic heterocycles. The number of H-pyrrole nitrogens is 1. The zero-order chi connectivity index (χ0) is 28.0. The first kappa shape index (κ1) is 26.1. The standard InChI is InChI=1S/C28H26ClF2N7O2/c1-15-20-9-8-19(12-22(20)36-35-15)38-26-23(3-2-10-32-26)37(28(38)40)14-16-4-6-18(7-5-16)34-27(39)21-11-17(29)13-33-24(21)25(30)31/h2-3,8-13,16,18,25H,4-7,14H2,1H3,(H,34,39)(H,35,36)/t16-,18-. The van der Waals surface area contributed by atoms with Crippen LogP contribution in [0.5, 0.6) is 0 Å². The Labute approximate surface area is 232 Å². The maximum Gasteiger partial charge on any atom is 0.334 e. The molecule has 0 spiro atoms. The minimum absolute atomic E-state index is 0.122. The second kappa shape index (κ2) is 10.5. The molecule has 0 unspecified atom stereocenters. The van der Waals surface area contributed by atoms with Crippen molar-refractivity contribution < 1.29 is 13.6 Å². The van der Waals surface area contributed by atoms with E-state index in [1.54, 1.807) is 15.3 Å². The van der Waals surface area contributed by atoms with Crippen molar-refractivity contribution >= 4 is 39.6 Å². The van der Waals surface area contributed by atoms with E-state index in [1.807, 2.05) is 37.3 Å². The summed E-state index contributed by atoms with van der Waals surface area (Å²) in [4.78, 5) is 34.6. The Morgan fingerprint density at radius 1 is 1.18 bits per heavy atom. The third-order valence-electron chi connectivity index (χ3n) is 7.65. The van der Waals surface area contributed by atoms with E-state index in [4.69, 9.17) is 11.6 Å². The number of hydrogen-bond donors (Lipinski definition) is 2. The number of aromatic nitrogens is 6. The number of hydrogen-bond acceptors (Lipinski definition) is 5. The molecule has 12 heteroatoms. The summed E-state index contributed by atoms with van der Waals surface area (Å²) in [5.74, 6) is -0.407. The number of alkyl halides is 2. The Balaban J connectivity index is 1.19. The zero-order valence-electron chi connectivity index (χ0n) is 21.6. The molecular formula is C28H26ClF2N7O2. The topological polar surface area (TPSA) is 110 Å². The summed E-state index contributed by atoms with van der Waals surface area (Å²) in [6, 6.07) is 10.5. The normalized spacial score (nSPS) is 17.6. The van der Waals surface area contributed by atoms with Crippen molar-refractivity contribution in [3.63, 3.8) is 0 Å². The summed E-state index contributed by atoms with van der Waals surface area (Å²) in [5, 5.41) is 11.2. The van der Waals surface area contributed by atoms with Gasteiger partial charge in [-0.15, -0.1) is 0 Å². The van der Waals surface area contributed by atoms with Crippen molar-refractivity contribution in [1.29, 1.82) is 0 Å². The van der Waals surface area contributed by atoms with Gasteiger partial charge in [0.2, 0.25) is 0 Å². The molecule has 0 bridgehead atoms. The monoisotopic (exact) mass is 565 g/mol. The molecule has 6 rings (SSSR count). The molecule has 0 aliphatic heterocycles. The van der Waals surface area contributed by atoms with Crippen molar-refractivity contribution in [3.05, 3.63) is 81.3 Å². The first-order chi connectivity index (χ1) is 19.3. The fourth-order valence-corrected chi connectivity index (χ4v) is 5.75. The smallest absolute Gasteiger partial charge is 0.334 e. The maximum absolute atomic E-state index is 13.7. The van der Waals surface area contributed by atoms with Crippen LogP contribution in [0.1, 0.15) is 53.9 Å². The van der Waals surface area contributed by atoms with Crippen molar-refractivity contribution in [2.45, 2.75) is 51.6 Å². The lowest BCUT2D eigenvalue weighted by atomic mass is 9.85. The molecule has 0 radical (unpaired) electrons. The van der Waals surface area contributed by atoms with E-state index < -0.39 is 18.0 Å². The molecule has 40 heavy (non-hydrogen) atoms. The van der Waals surface area contributed by atoms with Crippen molar-refractivity contribution in [2.75, 3.05) is 0 Å². The number of aromatic amines is 1. The van der Waals surface area contributed by atoms with Crippen LogP contribution < -0.4 is 11.0 Å². The fraction of sp³-hybridized carbons (Fsp3) is 0.321. The number of benzene rings is 1. The van der Waals surface area contributed by atoms with E-state index >= 15 is 0 Å². The van der Waals surface area contributed by atoms with Gasteiger partial charge in [0, 0.05) is 30.4 Å². The van der Waals surface area contributed by atoms with Gasteiger partial charge in [-0.25, -0.2) is 23.1 Å². The predicted octanol–water partition coefficient (Wildman–Crippen LogP) is 5.35. The number of amides is 1. The Morgan fingerprint density at radius 2 is 1.98 bits per heavy atom. The lowest BCUT2D eigenvalue weighted by molar-refractivity contribution is 0.0904. The number of carbonyl (C=O) groups is 1. The van der Waals surface area contributed by atoms with Gasteiger partial charge in [-0.2, -0.15) is 5.10 Å². The number of fused-ring (bicyclic) bond motifs is 2. The molecule has 1 aliphatic rings. The molecule has 1 fully saturated rings. The van der Waals surface area contributed by atoms with Crippen LogP contribution in [0.15, 0.2) is 53.6 Å². The van der Waals surface area contributed by atoms with Gasteiger partial charge >= 0.3 is 5.69 Å². The molecule has 1 amide bonds. The van der Waals surface area contributed by atoms with Crippen LogP contribution in [0.2, 0.25) is 5.02 Å². The molecule has 9 nitrogen and oxygen atoms in total. The number of pyridine rings is 2. The molecule has 4 heterocycles. The third-order valence-corrected chi connectivity index (χ3v) is 7.85. The summed E-state index contributed by atoms with van der Waals surface area (Å²) < 4.78 is 30.1. The molecule has 2 N–H and O–H groups in total. The summed E-state index contributed by atoms with van der Waals surface area (Å²) in [6.45, 7) is 2.43. The van der Waals surface area contributed by atoms with Crippen molar-refractivity contribution in [1.82, 2.24) is 34.6 Å². The summed E-state index contributed by atoms with van der Waals surface area (Å²) >= 11 is 5.90. The van der Waals surface area contributed by atoms with Crippen molar-refractivity contribution in [2.24, 2.45) is 5.92 Å². The van der Waals surface area contributed by atoms with Crippen molar-refractivity contribution in [3.8, 4) is 5.69 Å². The van der Waals surface area contributed by atoms with Crippen LogP contribution >= 0.6 is 11.6 Å². The van der Waals surface area contributed by atoms with E-state index in [0.29, 0.717) is 30.7 Å². The third kappa shape index (κ3) is 4.74. The molecule has 1 saturated carbocycles. The average molecular weight is 566 g/mol. The minimum Gasteiger partial charge on any atom is -0.349 e. The van der Waals surface area contributed by atoms with E-state index in [-0.39, 0.29) is 28.2 Å². The van der Waals surface area contributed by atoms with Crippen LogP contribution in [-0.4, -0.2) is 41.2 Å². The lowest BCUT2D eigenvalue weighted by Gasteiger charge is -2.29. The molecule has 0 saturated heterocycles. The number of nitrogens with one attached hydrogen (secondary N) is 2. The van der Waals surface area contributed by atoms with E-state index in [0.717, 1.165) is 41.2 Å². The van der Waals surface area contributed by atoms with Gasteiger partial charge in [-0.05, 0) is 74.9 Å². The largest absolute Gasteiger partial charge is 0.349 e. The van der Waals surface area contributed by atoms with Crippen LogP contribution in [0.4, 0.5) is 8.78 Å². The van der Waals surface area contributed by atoms with Crippen LogP contribution in [0, 0.1) is 12.8 Å². The molecule has 1 aliphatic carbocycles. The highest BCUT2D eigenvalue weighted by Gasteiger charge is 2.27. The van der Waals surface area contributed by atoms with E-state index in [2.05, 4.69) is 25.5 Å². The first-order valence-electron chi connectivity index (χ1n) is 13.1. The fourth-order valence-electron chi connectivity index (χ4n) is 5.59. The number of nitrogens with zero attached hydrogens (tertiary/aromatic N) is 5. The number of halogens is 3. The number of aryl methyl sites for hydroxylation is 1. The van der Waals surface area contributed by atoms with E-state index in [9.17, 15) is 18.4 Å². The van der Waals surface area contributed by atoms with Gasteiger partial charge in [-0.1, -0.05) is 11.6 Å². The minimum atomic E-state index is -2.88. The van der Waals surface area contributed by atoms with Gasteiger partial charge in [0.15, 0.2) is 5.65 Å². The average Bonchev–Trinajstić information content (AvgIpc) is 3.45. The molecule has 0 atom stereocenters. The van der Waals surface area contributed by atoms with Gasteiger partial charge < -0.3 is 5.32 Å². The maximum atomic E-state index is 13.7. The molecule has 5 aromatic rings. The second-order valence-corrected chi connectivity index (χ2v) is 10.6. The Morgan fingerprint density at radius 3 is 2.75 bits per heavy atom. The van der Waals surface area contributed by atoms with Crippen LogP contribution in [-0.2, 0) is 6.54 Å². The first-order valence-corrected chi connectivity index (χ1v) is 13.4. The lowest BCUT2D eigenvalue weighted by Crippen LogP contribution is -2.39. The zero-order valence-corrected chi connectivity index (χ0v) is 22.3. The second-order valence-electron chi connectivity index (χ2n) is 10.2.